The number of urea groups is 1. The van der Waals surface area contributed by atoms with Gasteiger partial charge >= 0.3 is 6.03 Å². The first-order valence-electron chi connectivity index (χ1n) is 8.96. The van der Waals surface area contributed by atoms with E-state index in [2.05, 4.69) is 5.32 Å². The van der Waals surface area contributed by atoms with Crippen LogP contribution < -0.4 is 16.0 Å². The maximum absolute atomic E-state index is 13.1. The number of hydrogen-bond donors (Lipinski definition) is 2. The van der Waals surface area contributed by atoms with Crippen LogP contribution in [0.25, 0.3) is 5.69 Å². The number of nitrogens with one attached hydrogen (secondary N) is 1. The van der Waals surface area contributed by atoms with Crippen LogP contribution in [0.5, 0.6) is 0 Å². The van der Waals surface area contributed by atoms with E-state index in [1.54, 1.807) is 17.0 Å². The summed E-state index contributed by atoms with van der Waals surface area (Å²) >= 11 is 0. The maximum atomic E-state index is 13.1. The number of nitrogens with zero attached hydrogens (tertiary/aromatic N) is 2. The fraction of sp³-hybridized carbons (Fsp3) is 0. The van der Waals surface area contributed by atoms with Crippen LogP contribution in [0.15, 0.2) is 103 Å². The van der Waals surface area contributed by atoms with Gasteiger partial charge in [0.1, 0.15) is 0 Å². The molecule has 1 heterocycles. The van der Waals surface area contributed by atoms with E-state index in [-0.39, 0.29) is 6.03 Å². The van der Waals surface area contributed by atoms with Gasteiger partial charge in [0.25, 0.3) is 0 Å². The van der Waals surface area contributed by atoms with Crippen LogP contribution in [0.1, 0.15) is 0 Å². The zero-order valence-electron chi connectivity index (χ0n) is 15.2. The lowest BCUT2D eigenvalue weighted by Gasteiger charge is -2.23. The SMILES string of the molecule is Nc1ccc(N(C(=O)Nc2ccc(-n3cccc3)cc2)c2ccccc2)cc1. The number of hydrogen-bond acceptors (Lipinski definition) is 2. The molecule has 0 radical (unpaired) electrons. The molecule has 0 aliphatic heterocycles. The fourth-order valence-corrected chi connectivity index (χ4v) is 2.99. The second-order valence-corrected chi connectivity index (χ2v) is 6.33. The third-order valence-corrected chi connectivity index (χ3v) is 4.39. The highest BCUT2D eigenvalue weighted by molar-refractivity contribution is 6.07. The lowest BCUT2D eigenvalue weighted by atomic mass is 10.2. The van der Waals surface area contributed by atoms with Gasteiger partial charge < -0.3 is 15.6 Å². The number of nitrogen functional groups attached to an aromatic ring is 1. The van der Waals surface area contributed by atoms with Gasteiger partial charge in [0.05, 0.1) is 11.4 Å². The Labute approximate surface area is 163 Å². The zero-order valence-corrected chi connectivity index (χ0v) is 15.2. The van der Waals surface area contributed by atoms with Gasteiger partial charge in [-0.25, -0.2) is 4.79 Å². The molecule has 0 atom stereocenters. The average Bonchev–Trinajstić information content (AvgIpc) is 3.26. The summed E-state index contributed by atoms with van der Waals surface area (Å²) in [7, 11) is 0. The summed E-state index contributed by atoms with van der Waals surface area (Å²) in [6.45, 7) is 0. The first kappa shape index (κ1) is 17.4. The first-order chi connectivity index (χ1) is 13.7. The minimum atomic E-state index is -0.246. The Hall–Kier alpha value is -3.99. The lowest BCUT2D eigenvalue weighted by molar-refractivity contribution is 0.259. The molecule has 4 aromatic rings. The van der Waals surface area contributed by atoms with Crippen molar-refractivity contribution in [3.63, 3.8) is 0 Å². The van der Waals surface area contributed by atoms with Gasteiger partial charge in [-0.05, 0) is 72.8 Å². The number of para-hydroxylation sites is 1. The predicted molar refractivity (Wildman–Crippen MR) is 114 cm³/mol. The van der Waals surface area contributed by atoms with Crippen LogP contribution in [-0.4, -0.2) is 10.6 Å². The Kier molecular flexibility index (Phi) is 4.80. The molecule has 0 saturated heterocycles. The molecule has 138 valence electrons. The summed E-state index contributed by atoms with van der Waals surface area (Å²) < 4.78 is 2.01. The maximum Gasteiger partial charge on any atom is 0.330 e. The molecular formula is C23H20N4O. The highest BCUT2D eigenvalue weighted by atomic mass is 16.2. The Balaban J connectivity index is 1.60. The van der Waals surface area contributed by atoms with E-state index in [1.807, 2.05) is 95.8 Å². The molecule has 0 saturated carbocycles. The predicted octanol–water partition coefficient (Wildman–Crippen LogP) is 5.43. The van der Waals surface area contributed by atoms with Crippen molar-refractivity contribution in [3.8, 4) is 5.69 Å². The van der Waals surface area contributed by atoms with Gasteiger partial charge in [-0.1, -0.05) is 18.2 Å². The topological polar surface area (TPSA) is 63.3 Å². The molecule has 3 aromatic carbocycles. The molecule has 0 unspecified atom stereocenters. The number of rotatable bonds is 4. The van der Waals surface area contributed by atoms with E-state index in [4.69, 9.17) is 5.73 Å². The number of carbonyl (C=O) groups is 1. The van der Waals surface area contributed by atoms with Crippen LogP contribution in [-0.2, 0) is 0 Å². The number of carbonyl (C=O) groups excluding carboxylic acids is 1. The fourth-order valence-electron chi connectivity index (χ4n) is 2.99. The van der Waals surface area contributed by atoms with Gasteiger partial charge in [0.15, 0.2) is 0 Å². The molecular weight excluding hydrogens is 348 g/mol. The number of amides is 2. The molecule has 1 aromatic heterocycles. The number of anilines is 4. The number of benzene rings is 3. The second kappa shape index (κ2) is 7.72. The van der Waals surface area contributed by atoms with E-state index in [0.717, 1.165) is 22.7 Å². The van der Waals surface area contributed by atoms with Gasteiger partial charge in [-0.2, -0.15) is 0 Å². The minimum Gasteiger partial charge on any atom is -0.399 e. The van der Waals surface area contributed by atoms with Crippen LogP contribution in [0.3, 0.4) is 0 Å². The molecule has 0 fully saturated rings. The summed E-state index contributed by atoms with van der Waals surface area (Å²) in [6, 6.07) is 28.1. The van der Waals surface area contributed by atoms with Crippen molar-refractivity contribution < 1.29 is 4.79 Å². The van der Waals surface area contributed by atoms with Gasteiger partial charge in [-0.3, -0.25) is 4.90 Å². The Morgan fingerprint density at radius 2 is 1.36 bits per heavy atom. The number of nitrogens with two attached hydrogens (primary N) is 1. The van der Waals surface area contributed by atoms with Crippen LogP contribution in [0.4, 0.5) is 27.5 Å². The average molecular weight is 368 g/mol. The Morgan fingerprint density at radius 1 is 0.750 bits per heavy atom. The molecule has 5 nitrogen and oxygen atoms in total. The van der Waals surface area contributed by atoms with E-state index in [1.165, 1.54) is 0 Å². The van der Waals surface area contributed by atoms with Gasteiger partial charge in [0.2, 0.25) is 0 Å². The third-order valence-electron chi connectivity index (χ3n) is 4.39. The number of aromatic nitrogens is 1. The van der Waals surface area contributed by atoms with E-state index < -0.39 is 0 Å². The van der Waals surface area contributed by atoms with Crippen molar-refractivity contribution >= 4 is 28.8 Å². The Morgan fingerprint density at radius 3 is 2.00 bits per heavy atom. The standard InChI is InChI=1S/C23H20N4O/c24-18-8-12-22(13-9-18)27(21-6-2-1-3-7-21)23(28)25-19-10-14-20(15-11-19)26-16-4-5-17-26/h1-17H,24H2,(H,25,28). The van der Waals surface area contributed by atoms with Gasteiger partial charge in [-0.15, -0.1) is 0 Å². The minimum absolute atomic E-state index is 0.246. The molecule has 5 heteroatoms. The molecule has 2 amide bonds. The van der Waals surface area contributed by atoms with Crippen LogP contribution >= 0.6 is 0 Å². The third kappa shape index (κ3) is 3.73. The molecule has 0 aliphatic carbocycles. The zero-order chi connectivity index (χ0) is 19.3. The summed E-state index contributed by atoms with van der Waals surface area (Å²) in [6.07, 6.45) is 3.96. The molecule has 0 bridgehead atoms. The quantitative estimate of drug-likeness (QED) is 0.472. The van der Waals surface area contributed by atoms with Crippen molar-refractivity contribution in [2.24, 2.45) is 0 Å². The van der Waals surface area contributed by atoms with E-state index >= 15 is 0 Å². The molecule has 0 aliphatic rings. The van der Waals surface area contributed by atoms with Crippen molar-refractivity contribution in [1.82, 2.24) is 4.57 Å². The monoisotopic (exact) mass is 368 g/mol. The van der Waals surface area contributed by atoms with E-state index in [9.17, 15) is 4.79 Å². The van der Waals surface area contributed by atoms with Crippen molar-refractivity contribution in [2.45, 2.75) is 0 Å². The second-order valence-electron chi connectivity index (χ2n) is 6.33. The summed E-state index contributed by atoms with van der Waals surface area (Å²) in [5.41, 5.74) is 9.71. The normalized spacial score (nSPS) is 10.4. The highest BCUT2D eigenvalue weighted by Crippen LogP contribution is 2.27. The first-order valence-corrected chi connectivity index (χ1v) is 8.96. The Bertz CT molecular complexity index is 1040. The van der Waals surface area contributed by atoms with Crippen LogP contribution in [0.2, 0.25) is 0 Å². The van der Waals surface area contributed by atoms with Crippen molar-refractivity contribution in [3.05, 3.63) is 103 Å². The summed E-state index contributed by atoms with van der Waals surface area (Å²) in [4.78, 5) is 14.7. The van der Waals surface area contributed by atoms with E-state index in [0.29, 0.717) is 5.69 Å². The molecule has 4 rings (SSSR count). The van der Waals surface area contributed by atoms with Crippen molar-refractivity contribution in [2.75, 3.05) is 16.0 Å². The highest BCUT2D eigenvalue weighted by Gasteiger charge is 2.18. The summed E-state index contributed by atoms with van der Waals surface area (Å²) in [5.74, 6) is 0. The molecule has 3 N–H and O–H groups in total. The van der Waals surface area contributed by atoms with Gasteiger partial charge in [0, 0.05) is 29.5 Å². The lowest BCUT2D eigenvalue weighted by Crippen LogP contribution is -2.30. The van der Waals surface area contributed by atoms with Crippen molar-refractivity contribution in [1.29, 1.82) is 0 Å². The smallest absolute Gasteiger partial charge is 0.330 e. The molecule has 0 spiro atoms. The largest absolute Gasteiger partial charge is 0.399 e. The van der Waals surface area contributed by atoms with Crippen LogP contribution in [0, 0.1) is 0 Å². The molecule has 28 heavy (non-hydrogen) atoms. The summed E-state index contributed by atoms with van der Waals surface area (Å²) in [5, 5.41) is 2.97.